The summed E-state index contributed by atoms with van der Waals surface area (Å²) in [6, 6.07) is 18.1. The molecule has 1 atom stereocenters. The Hall–Kier alpha value is -3.23. The first-order chi connectivity index (χ1) is 13.0. The molecule has 0 bridgehead atoms. The highest BCUT2D eigenvalue weighted by atomic mass is 35.5. The van der Waals surface area contributed by atoms with E-state index in [1.807, 2.05) is 36.4 Å². The van der Waals surface area contributed by atoms with E-state index in [2.05, 4.69) is 0 Å². The van der Waals surface area contributed by atoms with Gasteiger partial charge in [0, 0.05) is 5.02 Å². The Morgan fingerprint density at radius 1 is 1.19 bits per heavy atom. The van der Waals surface area contributed by atoms with Crippen LogP contribution in [0.15, 0.2) is 77.6 Å². The Kier molecular flexibility index (Phi) is 5.49. The van der Waals surface area contributed by atoms with Crippen molar-refractivity contribution in [3.8, 4) is 6.07 Å². The second-order valence-electron chi connectivity index (χ2n) is 6.00. The number of halogens is 1. The lowest BCUT2D eigenvalue weighted by Crippen LogP contribution is -2.19. The number of nitrogens with zero attached hydrogens (tertiary/aromatic N) is 1. The van der Waals surface area contributed by atoms with Crippen molar-refractivity contribution >= 4 is 17.4 Å². The number of Topliss-reactive ketones (excluding diaryl/α,β-unsaturated/α-hetero) is 1. The normalized spacial score (nSPS) is 17.2. The fourth-order valence-corrected chi connectivity index (χ4v) is 2.97. The Balaban J connectivity index is 1.98. The number of allylic oxidation sites excluding steroid dienone is 3. The molecule has 0 aliphatic carbocycles. The maximum atomic E-state index is 13.2. The van der Waals surface area contributed by atoms with E-state index in [9.17, 15) is 10.1 Å². The molecule has 3 rings (SSSR count). The minimum absolute atomic E-state index is 0.0417. The van der Waals surface area contributed by atoms with E-state index in [0.717, 1.165) is 5.56 Å². The largest absolute Gasteiger partial charge is 0.482 e. The van der Waals surface area contributed by atoms with E-state index < -0.39 is 5.92 Å². The Labute approximate surface area is 162 Å². The number of ketones is 1. The van der Waals surface area contributed by atoms with Crippen LogP contribution in [0.4, 0.5) is 0 Å². The van der Waals surface area contributed by atoms with Crippen LogP contribution in [0.2, 0.25) is 5.02 Å². The highest BCUT2D eigenvalue weighted by molar-refractivity contribution is 6.30. The van der Waals surface area contributed by atoms with Crippen LogP contribution in [-0.4, -0.2) is 5.78 Å². The lowest BCUT2D eigenvalue weighted by atomic mass is 9.87. The van der Waals surface area contributed by atoms with Gasteiger partial charge >= 0.3 is 0 Å². The molecule has 1 heterocycles. The van der Waals surface area contributed by atoms with Gasteiger partial charge < -0.3 is 15.2 Å². The predicted molar refractivity (Wildman–Crippen MR) is 101 cm³/mol. The van der Waals surface area contributed by atoms with Crippen LogP contribution in [0, 0.1) is 11.3 Å². The number of ether oxygens (including phenoxy) is 2. The third-order valence-corrected chi connectivity index (χ3v) is 4.42. The molecule has 27 heavy (non-hydrogen) atoms. The summed E-state index contributed by atoms with van der Waals surface area (Å²) in [6.45, 7) is 1.78. The van der Waals surface area contributed by atoms with Crippen LogP contribution in [0.5, 0.6) is 0 Å². The highest BCUT2D eigenvalue weighted by Crippen LogP contribution is 2.34. The summed E-state index contributed by atoms with van der Waals surface area (Å²) in [5, 5.41) is 10.1. The van der Waals surface area contributed by atoms with Gasteiger partial charge in [-0.25, -0.2) is 0 Å². The Morgan fingerprint density at radius 2 is 1.85 bits per heavy atom. The number of rotatable bonds is 4. The zero-order chi connectivity index (χ0) is 19.4. The van der Waals surface area contributed by atoms with E-state index in [1.165, 1.54) is 0 Å². The summed E-state index contributed by atoms with van der Waals surface area (Å²) in [5.74, 6) is -1.15. The maximum absolute atomic E-state index is 13.2. The summed E-state index contributed by atoms with van der Waals surface area (Å²) >= 11 is 5.94. The van der Waals surface area contributed by atoms with Crippen LogP contribution in [0.3, 0.4) is 0 Å². The standard InChI is InChI=1S/C21H17ClN2O3/c1-13-20(26-12-14-5-3-2-4-6-14)19(25)18(17(11-23)21(24)27-13)15-7-9-16(22)10-8-15/h2-10,18H,12,24H2,1H3. The SMILES string of the molecule is CC1=C(OCc2ccccc2)C(=O)C(c2ccc(Cl)cc2)C(C#N)=C(N)O1. The molecule has 2 N–H and O–H groups in total. The smallest absolute Gasteiger partial charge is 0.213 e. The topological polar surface area (TPSA) is 85.3 Å². The minimum atomic E-state index is -0.921. The summed E-state index contributed by atoms with van der Waals surface area (Å²) < 4.78 is 11.3. The van der Waals surface area contributed by atoms with E-state index in [0.29, 0.717) is 10.6 Å². The molecule has 2 aromatic carbocycles. The van der Waals surface area contributed by atoms with Crippen molar-refractivity contribution in [3.05, 3.63) is 93.7 Å². The van der Waals surface area contributed by atoms with Crippen molar-refractivity contribution in [2.45, 2.75) is 19.4 Å². The van der Waals surface area contributed by atoms with Gasteiger partial charge in [-0.15, -0.1) is 0 Å². The molecular formula is C21H17ClN2O3. The first-order valence-electron chi connectivity index (χ1n) is 8.26. The molecule has 0 saturated heterocycles. The molecule has 6 heteroatoms. The van der Waals surface area contributed by atoms with Gasteiger partial charge in [-0.05, 0) is 30.2 Å². The van der Waals surface area contributed by atoms with Crippen molar-refractivity contribution in [1.82, 2.24) is 0 Å². The van der Waals surface area contributed by atoms with Crippen molar-refractivity contribution in [2.75, 3.05) is 0 Å². The Morgan fingerprint density at radius 3 is 2.48 bits per heavy atom. The number of carbonyl (C=O) groups is 1. The summed E-state index contributed by atoms with van der Waals surface area (Å²) in [4.78, 5) is 13.2. The van der Waals surface area contributed by atoms with E-state index >= 15 is 0 Å². The summed E-state index contributed by atoms with van der Waals surface area (Å²) in [7, 11) is 0. The first kappa shape index (κ1) is 18.6. The van der Waals surface area contributed by atoms with Crippen molar-refractivity contribution in [2.24, 2.45) is 5.73 Å². The third-order valence-electron chi connectivity index (χ3n) is 4.17. The molecule has 1 unspecified atom stereocenters. The van der Waals surface area contributed by atoms with Crippen molar-refractivity contribution in [1.29, 1.82) is 5.26 Å². The van der Waals surface area contributed by atoms with Crippen molar-refractivity contribution in [3.63, 3.8) is 0 Å². The lowest BCUT2D eigenvalue weighted by Gasteiger charge is -2.16. The molecule has 0 spiro atoms. The van der Waals surface area contributed by atoms with Gasteiger partial charge in [0.05, 0.1) is 5.92 Å². The van der Waals surface area contributed by atoms with Crippen molar-refractivity contribution < 1.29 is 14.3 Å². The molecule has 0 radical (unpaired) electrons. The molecule has 1 aliphatic heterocycles. The number of hydrogen-bond donors (Lipinski definition) is 1. The number of nitriles is 1. The molecule has 0 amide bonds. The quantitative estimate of drug-likeness (QED) is 0.860. The van der Waals surface area contributed by atoms with E-state index in [4.69, 9.17) is 26.8 Å². The molecule has 0 aromatic heterocycles. The van der Waals surface area contributed by atoms with E-state index in [1.54, 1.807) is 31.2 Å². The van der Waals surface area contributed by atoms with Gasteiger partial charge in [0.1, 0.15) is 24.0 Å². The van der Waals surface area contributed by atoms with Gasteiger partial charge in [-0.1, -0.05) is 54.1 Å². The zero-order valence-electron chi connectivity index (χ0n) is 14.6. The second kappa shape index (κ2) is 7.98. The van der Waals surface area contributed by atoms with Crippen LogP contribution < -0.4 is 5.73 Å². The molecular weight excluding hydrogens is 364 g/mol. The maximum Gasteiger partial charge on any atom is 0.213 e. The van der Waals surface area contributed by atoms with Gasteiger partial charge in [-0.2, -0.15) is 5.26 Å². The fourth-order valence-electron chi connectivity index (χ4n) is 2.84. The first-order valence-corrected chi connectivity index (χ1v) is 8.64. The average Bonchev–Trinajstić information content (AvgIpc) is 2.75. The summed E-state index contributed by atoms with van der Waals surface area (Å²) in [6.07, 6.45) is 0. The van der Waals surface area contributed by atoms with Gasteiger partial charge in [-0.3, -0.25) is 4.79 Å². The van der Waals surface area contributed by atoms with Crippen LogP contribution in [0.25, 0.3) is 0 Å². The van der Waals surface area contributed by atoms with Crippen LogP contribution >= 0.6 is 11.6 Å². The number of hydrogen-bond acceptors (Lipinski definition) is 5. The third kappa shape index (κ3) is 3.97. The molecule has 136 valence electrons. The van der Waals surface area contributed by atoms with Crippen LogP contribution in [0.1, 0.15) is 24.0 Å². The molecule has 2 aromatic rings. The second-order valence-corrected chi connectivity index (χ2v) is 6.44. The minimum Gasteiger partial charge on any atom is -0.482 e. The fraction of sp³-hybridized carbons (Fsp3) is 0.143. The number of benzene rings is 2. The lowest BCUT2D eigenvalue weighted by molar-refractivity contribution is -0.119. The van der Waals surface area contributed by atoms with Gasteiger partial charge in [0.2, 0.25) is 17.4 Å². The monoisotopic (exact) mass is 380 g/mol. The highest BCUT2D eigenvalue weighted by Gasteiger charge is 2.36. The average molecular weight is 381 g/mol. The van der Waals surface area contributed by atoms with E-state index in [-0.39, 0.29) is 35.4 Å². The molecule has 0 fully saturated rings. The van der Waals surface area contributed by atoms with Gasteiger partial charge in [0.25, 0.3) is 0 Å². The number of carbonyl (C=O) groups excluding carboxylic acids is 1. The predicted octanol–water partition coefficient (Wildman–Crippen LogP) is 4.17. The van der Waals surface area contributed by atoms with Gasteiger partial charge in [0.15, 0.2) is 0 Å². The number of nitrogens with two attached hydrogens (primary N) is 1. The Bertz CT molecular complexity index is 957. The molecule has 5 nitrogen and oxygen atoms in total. The summed E-state index contributed by atoms with van der Waals surface area (Å²) in [5.41, 5.74) is 7.47. The zero-order valence-corrected chi connectivity index (χ0v) is 15.4. The van der Waals surface area contributed by atoms with Crippen LogP contribution in [-0.2, 0) is 20.9 Å². The molecule has 1 aliphatic rings. The molecule has 0 saturated carbocycles.